The molecule has 0 radical (unpaired) electrons. The number of ether oxygens (including phenoxy) is 1. The number of morpholine rings is 1. The predicted octanol–water partition coefficient (Wildman–Crippen LogP) is 1.25. The summed E-state index contributed by atoms with van der Waals surface area (Å²) in [6, 6.07) is 2.64. The lowest BCUT2D eigenvalue weighted by Gasteiger charge is -2.43. The Morgan fingerprint density at radius 1 is 1.04 bits per heavy atom. The van der Waals surface area contributed by atoms with Crippen LogP contribution in [0.4, 0.5) is 5.69 Å². The first kappa shape index (κ1) is 17.6. The van der Waals surface area contributed by atoms with Crippen LogP contribution in [-0.2, 0) is 4.74 Å². The van der Waals surface area contributed by atoms with Crippen LogP contribution >= 0.6 is 0 Å². The van der Waals surface area contributed by atoms with Gasteiger partial charge < -0.3 is 14.5 Å². The number of nitrogens with zero attached hydrogens (tertiary/aromatic N) is 6. The van der Waals surface area contributed by atoms with Gasteiger partial charge in [-0.15, -0.1) is 0 Å². The Morgan fingerprint density at radius 3 is 2.69 bits per heavy atom. The Kier molecular flexibility index (Phi) is 5.02. The van der Waals surface area contributed by atoms with E-state index in [4.69, 9.17) is 4.74 Å². The number of aromatic nitrogens is 3. The Hall–Kier alpha value is -1.83. The van der Waals surface area contributed by atoms with Crippen LogP contribution in [0.15, 0.2) is 24.7 Å². The highest BCUT2D eigenvalue weighted by Crippen LogP contribution is 2.26. The van der Waals surface area contributed by atoms with Crippen molar-refractivity contribution >= 4 is 16.9 Å². The summed E-state index contributed by atoms with van der Waals surface area (Å²) in [6.07, 6.45) is 5.65. The van der Waals surface area contributed by atoms with Gasteiger partial charge in [-0.3, -0.25) is 4.90 Å². The summed E-state index contributed by atoms with van der Waals surface area (Å²) < 4.78 is 6.27. The van der Waals surface area contributed by atoms with Gasteiger partial charge in [0.1, 0.15) is 5.52 Å². The minimum absolute atomic E-state index is 0.193. The van der Waals surface area contributed by atoms with Gasteiger partial charge in [-0.2, -0.15) is 0 Å². The molecule has 2 aromatic heterocycles. The second kappa shape index (κ2) is 7.42. The molecular weight excluding hydrogens is 328 g/mol. The lowest BCUT2D eigenvalue weighted by molar-refractivity contribution is -0.0406. The lowest BCUT2D eigenvalue weighted by atomic mass is 10.1. The maximum Gasteiger partial charge on any atom is 0.180 e. The van der Waals surface area contributed by atoms with Crippen molar-refractivity contribution in [3.05, 3.63) is 24.7 Å². The fraction of sp³-hybridized carbons (Fsp3) is 0.632. The largest absolute Gasteiger partial charge is 0.370 e. The molecule has 2 fully saturated rings. The third-order valence-corrected chi connectivity index (χ3v) is 5.52. The van der Waals surface area contributed by atoms with Gasteiger partial charge in [-0.1, -0.05) is 0 Å². The maximum absolute atomic E-state index is 6.27. The standard InChI is InChI=1S/C19H28N6O/c1-14-10-24(9-8-23(14)3)12-16-13-25(11-15(2)26-16)17-4-5-21-19-18(17)20-6-7-22-19/h4-7,14-16H,8-13H2,1-3H3/t14?,15-,16+/m1/s1. The summed E-state index contributed by atoms with van der Waals surface area (Å²) in [4.78, 5) is 20.5. The molecular formula is C19H28N6O. The summed E-state index contributed by atoms with van der Waals surface area (Å²) in [6.45, 7) is 10.5. The molecule has 1 unspecified atom stereocenters. The van der Waals surface area contributed by atoms with Crippen LogP contribution < -0.4 is 4.90 Å². The number of hydrogen-bond acceptors (Lipinski definition) is 7. The van der Waals surface area contributed by atoms with Gasteiger partial charge in [0, 0.05) is 63.9 Å². The Bertz CT molecular complexity index is 750. The van der Waals surface area contributed by atoms with Crippen LogP contribution in [0.25, 0.3) is 11.2 Å². The van der Waals surface area contributed by atoms with Gasteiger partial charge >= 0.3 is 0 Å². The smallest absolute Gasteiger partial charge is 0.180 e. The Balaban J connectivity index is 1.50. The van der Waals surface area contributed by atoms with E-state index in [1.807, 2.05) is 12.3 Å². The van der Waals surface area contributed by atoms with Gasteiger partial charge in [0.25, 0.3) is 0 Å². The molecule has 7 heteroatoms. The third-order valence-electron chi connectivity index (χ3n) is 5.52. The van der Waals surface area contributed by atoms with E-state index in [1.54, 1.807) is 12.4 Å². The monoisotopic (exact) mass is 356 g/mol. The zero-order valence-electron chi connectivity index (χ0n) is 15.9. The number of hydrogen-bond donors (Lipinski definition) is 0. The molecule has 26 heavy (non-hydrogen) atoms. The van der Waals surface area contributed by atoms with E-state index in [-0.39, 0.29) is 12.2 Å². The molecule has 4 heterocycles. The van der Waals surface area contributed by atoms with Crippen LogP contribution in [0.3, 0.4) is 0 Å². The van der Waals surface area contributed by atoms with Gasteiger partial charge in [-0.25, -0.2) is 15.0 Å². The quantitative estimate of drug-likeness (QED) is 0.820. The van der Waals surface area contributed by atoms with E-state index in [0.29, 0.717) is 11.7 Å². The van der Waals surface area contributed by atoms with Crippen LogP contribution in [0.1, 0.15) is 13.8 Å². The first-order valence-corrected chi connectivity index (χ1v) is 9.49. The van der Waals surface area contributed by atoms with Gasteiger partial charge in [0.2, 0.25) is 0 Å². The molecule has 0 bridgehead atoms. The molecule has 2 aliphatic rings. The average Bonchev–Trinajstić information content (AvgIpc) is 2.64. The van der Waals surface area contributed by atoms with Crippen molar-refractivity contribution in [1.82, 2.24) is 24.8 Å². The molecule has 3 atom stereocenters. The number of fused-ring (bicyclic) bond motifs is 1. The second-order valence-corrected chi connectivity index (χ2v) is 7.62. The first-order valence-electron chi connectivity index (χ1n) is 9.49. The first-order chi connectivity index (χ1) is 12.6. The summed E-state index contributed by atoms with van der Waals surface area (Å²) in [5.41, 5.74) is 2.68. The topological polar surface area (TPSA) is 57.6 Å². The Labute approximate surface area is 155 Å². The molecule has 7 nitrogen and oxygen atoms in total. The normalized spacial score (nSPS) is 28.6. The number of pyridine rings is 1. The Morgan fingerprint density at radius 2 is 1.85 bits per heavy atom. The average molecular weight is 356 g/mol. The molecule has 2 aromatic rings. The van der Waals surface area contributed by atoms with Crippen LogP contribution in [0.2, 0.25) is 0 Å². The minimum atomic E-state index is 0.193. The molecule has 0 N–H and O–H groups in total. The summed E-state index contributed by atoms with van der Waals surface area (Å²) in [5, 5.41) is 0. The minimum Gasteiger partial charge on any atom is -0.370 e. The number of likely N-dealkylation sites (N-methyl/N-ethyl adjacent to an activating group) is 1. The van der Waals surface area contributed by atoms with E-state index in [0.717, 1.165) is 50.5 Å². The van der Waals surface area contributed by atoms with Gasteiger partial charge in [-0.05, 0) is 27.0 Å². The molecule has 0 saturated carbocycles. The van der Waals surface area contributed by atoms with Crippen molar-refractivity contribution in [3.63, 3.8) is 0 Å². The third kappa shape index (κ3) is 3.65. The number of piperazine rings is 1. The van der Waals surface area contributed by atoms with Gasteiger partial charge in [0.05, 0.1) is 17.9 Å². The highest BCUT2D eigenvalue weighted by atomic mass is 16.5. The van der Waals surface area contributed by atoms with Crippen molar-refractivity contribution in [2.24, 2.45) is 0 Å². The van der Waals surface area contributed by atoms with E-state index >= 15 is 0 Å². The fourth-order valence-electron chi connectivity index (χ4n) is 4.04. The molecule has 140 valence electrons. The van der Waals surface area contributed by atoms with Crippen LogP contribution in [0, 0.1) is 0 Å². The highest BCUT2D eigenvalue weighted by Gasteiger charge is 2.30. The maximum atomic E-state index is 6.27. The van der Waals surface area contributed by atoms with Crippen LogP contribution in [0.5, 0.6) is 0 Å². The van der Waals surface area contributed by atoms with Crippen molar-refractivity contribution < 1.29 is 4.74 Å². The molecule has 0 aromatic carbocycles. The molecule has 0 amide bonds. The summed E-state index contributed by atoms with van der Waals surface area (Å²) in [7, 11) is 2.21. The van der Waals surface area contributed by atoms with E-state index in [1.165, 1.54) is 0 Å². The number of rotatable bonds is 3. The van der Waals surface area contributed by atoms with Crippen molar-refractivity contribution in [2.45, 2.75) is 32.1 Å². The summed E-state index contributed by atoms with van der Waals surface area (Å²) in [5.74, 6) is 0. The summed E-state index contributed by atoms with van der Waals surface area (Å²) >= 11 is 0. The number of anilines is 1. The van der Waals surface area contributed by atoms with E-state index in [9.17, 15) is 0 Å². The van der Waals surface area contributed by atoms with Crippen molar-refractivity contribution in [2.75, 3.05) is 51.2 Å². The molecule has 2 saturated heterocycles. The lowest BCUT2D eigenvalue weighted by Crippen LogP contribution is -2.55. The van der Waals surface area contributed by atoms with Crippen molar-refractivity contribution in [1.29, 1.82) is 0 Å². The highest BCUT2D eigenvalue weighted by molar-refractivity contribution is 5.85. The molecule has 0 spiro atoms. The second-order valence-electron chi connectivity index (χ2n) is 7.62. The fourth-order valence-corrected chi connectivity index (χ4v) is 4.04. The van der Waals surface area contributed by atoms with E-state index < -0.39 is 0 Å². The van der Waals surface area contributed by atoms with Crippen LogP contribution in [-0.4, -0.2) is 89.3 Å². The molecule has 4 rings (SSSR count). The molecule has 0 aliphatic carbocycles. The van der Waals surface area contributed by atoms with Gasteiger partial charge in [0.15, 0.2) is 5.65 Å². The van der Waals surface area contributed by atoms with Crippen molar-refractivity contribution in [3.8, 4) is 0 Å². The predicted molar refractivity (Wildman–Crippen MR) is 102 cm³/mol. The molecule has 2 aliphatic heterocycles. The SMILES string of the molecule is CC1CN(C[C@H]2CN(c3ccnc4nccnc34)C[C@@H](C)O2)CCN1C. The van der Waals surface area contributed by atoms with E-state index in [2.05, 4.69) is 50.5 Å². The zero-order chi connectivity index (χ0) is 18.1. The zero-order valence-corrected chi connectivity index (χ0v) is 15.9.